The molecule has 6 heteroatoms. The summed E-state index contributed by atoms with van der Waals surface area (Å²) in [6.07, 6.45) is 1.37. The van der Waals surface area contributed by atoms with Crippen molar-refractivity contribution in [2.24, 2.45) is 0 Å². The van der Waals surface area contributed by atoms with Crippen molar-refractivity contribution in [3.63, 3.8) is 0 Å². The van der Waals surface area contributed by atoms with Gasteiger partial charge in [-0.1, -0.05) is 0 Å². The fourth-order valence-electron chi connectivity index (χ4n) is 1.85. The molecule has 0 bridgehead atoms. The van der Waals surface area contributed by atoms with Crippen molar-refractivity contribution in [1.29, 1.82) is 0 Å². The maximum absolute atomic E-state index is 12.2. The molecule has 0 saturated heterocycles. The van der Waals surface area contributed by atoms with Gasteiger partial charge in [0.25, 0.3) is 5.91 Å². The molecule has 0 spiro atoms. The van der Waals surface area contributed by atoms with Crippen LogP contribution in [0.5, 0.6) is 5.75 Å². The molecule has 0 aliphatic carbocycles. The van der Waals surface area contributed by atoms with E-state index in [9.17, 15) is 4.79 Å². The van der Waals surface area contributed by atoms with E-state index in [1.54, 1.807) is 18.2 Å². The molecule has 1 aromatic carbocycles. The monoisotopic (exact) mass is 300 g/mol. The van der Waals surface area contributed by atoms with Gasteiger partial charge in [-0.2, -0.15) is 0 Å². The second kappa shape index (κ2) is 7.40. The molecule has 2 aromatic rings. The smallest absolute Gasteiger partial charge is 0.274 e. The number of hydrogen-bond donors (Lipinski definition) is 2. The number of hydrogen-bond acceptors (Lipinski definition) is 5. The highest BCUT2D eigenvalue weighted by Crippen LogP contribution is 2.16. The maximum Gasteiger partial charge on any atom is 0.274 e. The second-order valence-corrected chi connectivity index (χ2v) is 5.00. The van der Waals surface area contributed by atoms with Crippen LogP contribution in [-0.2, 0) is 0 Å². The van der Waals surface area contributed by atoms with Gasteiger partial charge in [0, 0.05) is 17.8 Å². The van der Waals surface area contributed by atoms with Crippen LogP contribution in [0.1, 0.15) is 31.3 Å². The molecular weight excluding hydrogens is 280 g/mol. The molecule has 0 saturated carbocycles. The molecular formula is C16H20N4O2. The zero-order valence-corrected chi connectivity index (χ0v) is 13.0. The van der Waals surface area contributed by atoms with Crippen LogP contribution in [-0.4, -0.2) is 28.5 Å². The standard InChI is InChI=1S/C16H20N4O2/c1-4-22-13-7-5-12(6-8-13)20-16(21)14-9-15(18-10-17-14)19-11(2)3/h5-11H,4H2,1-3H3,(H,20,21)(H,17,18,19). The zero-order valence-electron chi connectivity index (χ0n) is 13.0. The summed E-state index contributed by atoms with van der Waals surface area (Å²) in [5.74, 6) is 1.12. The van der Waals surface area contributed by atoms with Gasteiger partial charge in [-0.05, 0) is 45.0 Å². The van der Waals surface area contributed by atoms with Gasteiger partial charge >= 0.3 is 0 Å². The van der Waals surface area contributed by atoms with Crippen LogP contribution in [0.2, 0.25) is 0 Å². The molecule has 116 valence electrons. The van der Waals surface area contributed by atoms with Crippen molar-refractivity contribution in [3.8, 4) is 5.75 Å². The topological polar surface area (TPSA) is 76.1 Å². The Bertz CT molecular complexity index is 626. The quantitative estimate of drug-likeness (QED) is 0.857. The fourth-order valence-corrected chi connectivity index (χ4v) is 1.85. The first kappa shape index (κ1) is 15.8. The second-order valence-electron chi connectivity index (χ2n) is 5.00. The Morgan fingerprint density at radius 1 is 1.23 bits per heavy atom. The first-order chi connectivity index (χ1) is 10.6. The lowest BCUT2D eigenvalue weighted by atomic mass is 10.3. The summed E-state index contributed by atoms with van der Waals surface area (Å²) in [5, 5.41) is 5.93. The number of rotatable bonds is 6. The SMILES string of the molecule is CCOc1ccc(NC(=O)c2cc(NC(C)C)ncn2)cc1. The van der Waals surface area contributed by atoms with Crippen LogP contribution in [0.4, 0.5) is 11.5 Å². The molecule has 22 heavy (non-hydrogen) atoms. The van der Waals surface area contributed by atoms with Gasteiger partial charge in [-0.15, -0.1) is 0 Å². The number of carbonyl (C=O) groups excluding carboxylic acids is 1. The highest BCUT2D eigenvalue weighted by Gasteiger charge is 2.09. The largest absolute Gasteiger partial charge is 0.494 e. The van der Waals surface area contributed by atoms with Crippen LogP contribution in [0, 0.1) is 0 Å². The van der Waals surface area contributed by atoms with E-state index in [1.165, 1.54) is 6.33 Å². The van der Waals surface area contributed by atoms with E-state index in [0.717, 1.165) is 5.75 Å². The third-order valence-electron chi connectivity index (χ3n) is 2.76. The molecule has 0 radical (unpaired) electrons. The number of aromatic nitrogens is 2. The zero-order chi connectivity index (χ0) is 15.9. The summed E-state index contributed by atoms with van der Waals surface area (Å²) >= 11 is 0. The summed E-state index contributed by atoms with van der Waals surface area (Å²) in [4.78, 5) is 20.3. The van der Waals surface area contributed by atoms with Crippen molar-refractivity contribution in [3.05, 3.63) is 42.4 Å². The van der Waals surface area contributed by atoms with Gasteiger partial charge in [-0.3, -0.25) is 4.79 Å². The molecule has 0 unspecified atom stereocenters. The Hall–Kier alpha value is -2.63. The summed E-state index contributed by atoms with van der Waals surface area (Å²) < 4.78 is 5.36. The van der Waals surface area contributed by atoms with E-state index in [0.29, 0.717) is 23.8 Å². The Labute approximate surface area is 129 Å². The van der Waals surface area contributed by atoms with Crippen molar-refractivity contribution in [2.45, 2.75) is 26.8 Å². The van der Waals surface area contributed by atoms with Crippen LogP contribution in [0.25, 0.3) is 0 Å². The van der Waals surface area contributed by atoms with E-state index in [1.807, 2.05) is 32.9 Å². The fraction of sp³-hybridized carbons (Fsp3) is 0.312. The van der Waals surface area contributed by atoms with Gasteiger partial charge in [0.05, 0.1) is 6.61 Å². The molecule has 2 N–H and O–H groups in total. The molecule has 6 nitrogen and oxygen atoms in total. The van der Waals surface area contributed by atoms with Crippen molar-refractivity contribution in [1.82, 2.24) is 9.97 Å². The Morgan fingerprint density at radius 2 is 1.95 bits per heavy atom. The van der Waals surface area contributed by atoms with E-state index in [4.69, 9.17) is 4.74 Å². The molecule has 2 rings (SSSR count). The minimum Gasteiger partial charge on any atom is -0.494 e. The van der Waals surface area contributed by atoms with Crippen molar-refractivity contribution < 1.29 is 9.53 Å². The lowest BCUT2D eigenvalue weighted by Gasteiger charge is -2.10. The highest BCUT2D eigenvalue weighted by molar-refractivity contribution is 6.03. The maximum atomic E-state index is 12.2. The third kappa shape index (κ3) is 4.44. The molecule has 0 atom stereocenters. The van der Waals surface area contributed by atoms with Gasteiger partial charge in [0.15, 0.2) is 0 Å². The molecule has 0 aliphatic heterocycles. The average Bonchev–Trinajstić information content (AvgIpc) is 2.49. The Morgan fingerprint density at radius 3 is 2.59 bits per heavy atom. The van der Waals surface area contributed by atoms with Gasteiger partial charge in [0.2, 0.25) is 0 Å². The van der Waals surface area contributed by atoms with Crippen LogP contribution >= 0.6 is 0 Å². The number of carbonyl (C=O) groups is 1. The van der Waals surface area contributed by atoms with Crippen LogP contribution < -0.4 is 15.4 Å². The van der Waals surface area contributed by atoms with Crippen LogP contribution in [0.3, 0.4) is 0 Å². The minimum absolute atomic E-state index is 0.233. The van der Waals surface area contributed by atoms with E-state index in [2.05, 4.69) is 20.6 Å². The lowest BCUT2D eigenvalue weighted by Crippen LogP contribution is -2.16. The summed E-state index contributed by atoms with van der Waals surface area (Å²) in [7, 11) is 0. The molecule has 1 aromatic heterocycles. The number of amides is 1. The number of anilines is 2. The van der Waals surface area contributed by atoms with E-state index >= 15 is 0 Å². The van der Waals surface area contributed by atoms with Gasteiger partial charge in [0.1, 0.15) is 23.6 Å². The number of nitrogens with zero attached hydrogens (tertiary/aromatic N) is 2. The first-order valence-corrected chi connectivity index (χ1v) is 7.21. The number of benzene rings is 1. The Balaban J connectivity index is 2.05. The normalized spacial score (nSPS) is 10.4. The molecule has 0 aliphatic rings. The van der Waals surface area contributed by atoms with Crippen molar-refractivity contribution >= 4 is 17.4 Å². The minimum atomic E-state index is -0.279. The summed E-state index contributed by atoms with van der Waals surface area (Å²) in [6, 6.07) is 9.06. The predicted molar refractivity (Wildman–Crippen MR) is 86.4 cm³/mol. The highest BCUT2D eigenvalue weighted by atomic mass is 16.5. The van der Waals surface area contributed by atoms with Crippen LogP contribution in [0.15, 0.2) is 36.7 Å². The number of ether oxygens (including phenoxy) is 1. The lowest BCUT2D eigenvalue weighted by molar-refractivity contribution is 0.102. The van der Waals surface area contributed by atoms with Crippen molar-refractivity contribution in [2.75, 3.05) is 17.2 Å². The molecule has 0 fully saturated rings. The Kier molecular flexibility index (Phi) is 5.30. The molecule has 1 heterocycles. The van der Waals surface area contributed by atoms with E-state index in [-0.39, 0.29) is 11.9 Å². The number of nitrogens with one attached hydrogen (secondary N) is 2. The third-order valence-corrected chi connectivity index (χ3v) is 2.76. The molecule has 1 amide bonds. The first-order valence-electron chi connectivity index (χ1n) is 7.21. The average molecular weight is 300 g/mol. The summed E-state index contributed by atoms with van der Waals surface area (Å²) in [5.41, 5.74) is 0.998. The summed E-state index contributed by atoms with van der Waals surface area (Å²) in [6.45, 7) is 6.54. The predicted octanol–water partition coefficient (Wildman–Crippen LogP) is 2.95. The van der Waals surface area contributed by atoms with Gasteiger partial charge in [-0.25, -0.2) is 9.97 Å². The van der Waals surface area contributed by atoms with Gasteiger partial charge < -0.3 is 15.4 Å². The van der Waals surface area contributed by atoms with E-state index < -0.39 is 0 Å².